The Morgan fingerprint density at radius 3 is 2.23 bits per heavy atom. The second-order valence-electron chi connectivity index (χ2n) is 3.44. The Kier molecular flexibility index (Phi) is 2.75. The standard InChI is InChI=1S/C8H17N5/c1-2-8(4-3-5-8)13-7(11)12-6(9)10/h2-5H2,1H3,(H6,9,10,11,12,13). The van der Waals surface area contributed by atoms with Crippen LogP contribution in [0.5, 0.6) is 0 Å². The van der Waals surface area contributed by atoms with Crippen molar-refractivity contribution in [3.8, 4) is 0 Å². The lowest BCUT2D eigenvalue weighted by Gasteiger charge is -2.37. The number of guanidine groups is 2. The minimum atomic E-state index is -0.0353. The summed E-state index contributed by atoms with van der Waals surface area (Å²) in [7, 11) is 0. The summed E-state index contributed by atoms with van der Waals surface area (Å²) in [5.41, 5.74) is 15.9. The SMILES string of the molecule is CCC1(N=C(N)N=C(N)N)CCC1. The van der Waals surface area contributed by atoms with E-state index in [1.54, 1.807) is 0 Å². The molecular formula is C8H17N5. The van der Waals surface area contributed by atoms with Gasteiger partial charge in [-0.15, -0.1) is 0 Å². The van der Waals surface area contributed by atoms with Gasteiger partial charge in [0.25, 0.3) is 0 Å². The van der Waals surface area contributed by atoms with E-state index >= 15 is 0 Å². The first kappa shape index (κ1) is 9.83. The van der Waals surface area contributed by atoms with Crippen molar-refractivity contribution in [2.24, 2.45) is 27.2 Å². The lowest BCUT2D eigenvalue weighted by molar-refractivity contribution is 0.243. The molecule has 0 heterocycles. The molecule has 0 aromatic carbocycles. The van der Waals surface area contributed by atoms with Gasteiger partial charge in [-0.25, -0.2) is 4.99 Å². The van der Waals surface area contributed by atoms with E-state index in [1.807, 2.05) is 0 Å². The average molecular weight is 183 g/mol. The molecule has 1 saturated carbocycles. The third-order valence-corrected chi connectivity index (χ3v) is 2.54. The molecule has 0 aliphatic heterocycles. The molecule has 74 valence electrons. The average Bonchev–Trinajstić information content (AvgIpc) is 1.95. The van der Waals surface area contributed by atoms with Crippen molar-refractivity contribution in [2.75, 3.05) is 0 Å². The maximum atomic E-state index is 5.55. The zero-order valence-corrected chi connectivity index (χ0v) is 7.95. The third-order valence-electron chi connectivity index (χ3n) is 2.54. The molecular weight excluding hydrogens is 166 g/mol. The molecule has 1 aliphatic carbocycles. The molecule has 1 aliphatic rings. The van der Waals surface area contributed by atoms with Crippen LogP contribution in [0.3, 0.4) is 0 Å². The Morgan fingerprint density at radius 2 is 1.92 bits per heavy atom. The summed E-state index contributed by atoms with van der Waals surface area (Å²) < 4.78 is 0. The Bertz CT molecular complexity index is 229. The first-order valence-electron chi connectivity index (χ1n) is 4.53. The van der Waals surface area contributed by atoms with Crippen LogP contribution in [0.2, 0.25) is 0 Å². The van der Waals surface area contributed by atoms with E-state index in [4.69, 9.17) is 17.2 Å². The number of nitrogens with two attached hydrogens (primary N) is 3. The highest BCUT2D eigenvalue weighted by atomic mass is 15.1. The minimum absolute atomic E-state index is 0.0169. The lowest BCUT2D eigenvalue weighted by atomic mass is 9.75. The molecule has 0 aromatic rings. The normalized spacial score (nSPS) is 20.5. The van der Waals surface area contributed by atoms with Crippen molar-refractivity contribution < 1.29 is 0 Å². The van der Waals surface area contributed by atoms with Gasteiger partial charge < -0.3 is 17.2 Å². The van der Waals surface area contributed by atoms with E-state index in [0.717, 1.165) is 19.3 Å². The van der Waals surface area contributed by atoms with Crippen LogP contribution in [-0.2, 0) is 0 Å². The van der Waals surface area contributed by atoms with Crippen molar-refractivity contribution in [3.63, 3.8) is 0 Å². The number of aliphatic imine (C=N–C) groups is 2. The monoisotopic (exact) mass is 183 g/mol. The number of rotatable bonds is 2. The second-order valence-corrected chi connectivity index (χ2v) is 3.44. The summed E-state index contributed by atoms with van der Waals surface area (Å²) in [6.45, 7) is 2.10. The number of hydrogen-bond donors (Lipinski definition) is 3. The summed E-state index contributed by atoms with van der Waals surface area (Å²) in [4.78, 5) is 8.01. The van der Waals surface area contributed by atoms with Gasteiger partial charge in [0.05, 0.1) is 5.54 Å². The Labute approximate surface area is 78.1 Å². The van der Waals surface area contributed by atoms with E-state index < -0.39 is 0 Å². The highest BCUT2D eigenvalue weighted by Crippen LogP contribution is 2.38. The molecule has 1 rings (SSSR count). The maximum Gasteiger partial charge on any atom is 0.219 e. The zero-order valence-electron chi connectivity index (χ0n) is 7.95. The quantitative estimate of drug-likeness (QED) is 0.411. The fraction of sp³-hybridized carbons (Fsp3) is 0.750. The van der Waals surface area contributed by atoms with Gasteiger partial charge in [0, 0.05) is 0 Å². The van der Waals surface area contributed by atoms with Crippen molar-refractivity contribution in [1.82, 2.24) is 0 Å². The molecule has 0 bridgehead atoms. The first-order chi connectivity index (χ1) is 6.08. The van der Waals surface area contributed by atoms with Crippen molar-refractivity contribution in [3.05, 3.63) is 0 Å². The van der Waals surface area contributed by atoms with Gasteiger partial charge >= 0.3 is 0 Å². The topological polar surface area (TPSA) is 103 Å². The van der Waals surface area contributed by atoms with Crippen LogP contribution in [-0.4, -0.2) is 17.5 Å². The third kappa shape index (κ3) is 2.34. The van der Waals surface area contributed by atoms with Crippen LogP contribution in [0.1, 0.15) is 32.6 Å². The Hall–Kier alpha value is -1.26. The van der Waals surface area contributed by atoms with Gasteiger partial charge in [-0.1, -0.05) is 6.92 Å². The summed E-state index contributed by atoms with van der Waals surface area (Å²) in [6.07, 6.45) is 4.38. The second kappa shape index (κ2) is 3.64. The maximum absolute atomic E-state index is 5.55. The Morgan fingerprint density at radius 1 is 1.31 bits per heavy atom. The summed E-state index contributed by atoms with van der Waals surface area (Å²) in [5, 5.41) is 0. The van der Waals surface area contributed by atoms with Crippen LogP contribution in [0.15, 0.2) is 9.98 Å². The molecule has 6 N–H and O–H groups in total. The van der Waals surface area contributed by atoms with Crippen LogP contribution < -0.4 is 17.2 Å². The zero-order chi connectivity index (χ0) is 9.90. The minimum Gasteiger partial charge on any atom is -0.370 e. The van der Waals surface area contributed by atoms with E-state index in [9.17, 15) is 0 Å². The van der Waals surface area contributed by atoms with Gasteiger partial charge in [0.15, 0.2) is 5.96 Å². The van der Waals surface area contributed by atoms with Crippen molar-refractivity contribution in [1.29, 1.82) is 0 Å². The number of hydrogen-bond acceptors (Lipinski definition) is 1. The fourth-order valence-corrected chi connectivity index (χ4v) is 1.53. The molecule has 0 radical (unpaired) electrons. The molecule has 1 fully saturated rings. The fourth-order valence-electron chi connectivity index (χ4n) is 1.53. The summed E-state index contributed by atoms with van der Waals surface area (Å²) in [5.74, 6) is 0.161. The molecule has 0 atom stereocenters. The molecule has 0 amide bonds. The van der Waals surface area contributed by atoms with Gasteiger partial charge in [-0.3, -0.25) is 0 Å². The highest BCUT2D eigenvalue weighted by molar-refractivity contribution is 5.92. The first-order valence-corrected chi connectivity index (χ1v) is 4.53. The van der Waals surface area contributed by atoms with Crippen LogP contribution in [0.4, 0.5) is 0 Å². The molecule has 0 saturated heterocycles. The molecule has 13 heavy (non-hydrogen) atoms. The predicted molar refractivity (Wildman–Crippen MR) is 54.3 cm³/mol. The van der Waals surface area contributed by atoms with E-state index in [-0.39, 0.29) is 17.5 Å². The molecule has 0 aromatic heterocycles. The Balaban J connectivity index is 2.68. The van der Waals surface area contributed by atoms with Gasteiger partial charge in [-0.2, -0.15) is 4.99 Å². The highest BCUT2D eigenvalue weighted by Gasteiger charge is 2.34. The van der Waals surface area contributed by atoms with Gasteiger partial charge in [0.2, 0.25) is 5.96 Å². The summed E-state index contributed by atoms with van der Waals surface area (Å²) >= 11 is 0. The van der Waals surface area contributed by atoms with Crippen molar-refractivity contribution in [2.45, 2.75) is 38.1 Å². The largest absolute Gasteiger partial charge is 0.370 e. The predicted octanol–water partition coefficient (Wildman–Crippen LogP) is -0.0928. The van der Waals surface area contributed by atoms with Crippen LogP contribution >= 0.6 is 0 Å². The van der Waals surface area contributed by atoms with E-state index in [2.05, 4.69) is 16.9 Å². The van der Waals surface area contributed by atoms with Gasteiger partial charge in [0.1, 0.15) is 0 Å². The smallest absolute Gasteiger partial charge is 0.219 e. The van der Waals surface area contributed by atoms with E-state index in [1.165, 1.54) is 6.42 Å². The summed E-state index contributed by atoms with van der Waals surface area (Å²) in [6, 6.07) is 0. The van der Waals surface area contributed by atoms with Crippen LogP contribution in [0, 0.1) is 0 Å². The van der Waals surface area contributed by atoms with E-state index in [0.29, 0.717) is 0 Å². The molecule has 0 unspecified atom stereocenters. The van der Waals surface area contributed by atoms with Crippen LogP contribution in [0.25, 0.3) is 0 Å². The molecule has 0 spiro atoms. The molecule has 5 heteroatoms. The number of nitrogens with zero attached hydrogens (tertiary/aromatic N) is 2. The lowest BCUT2D eigenvalue weighted by Crippen LogP contribution is -2.37. The molecule has 5 nitrogen and oxygen atoms in total. The van der Waals surface area contributed by atoms with Gasteiger partial charge in [-0.05, 0) is 25.7 Å². The van der Waals surface area contributed by atoms with Crippen molar-refractivity contribution >= 4 is 11.9 Å².